The van der Waals surface area contributed by atoms with E-state index in [1.54, 1.807) is 0 Å². The summed E-state index contributed by atoms with van der Waals surface area (Å²) in [6, 6.07) is 0. The van der Waals surface area contributed by atoms with Gasteiger partial charge in [0.2, 0.25) is 11.8 Å². The second kappa shape index (κ2) is 8.99. The van der Waals surface area contributed by atoms with Crippen LogP contribution in [0.1, 0.15) is 44.9 Å². The smallest absolute Gasteiger partial charge is 0.236 e. The molecule has 2 saturated heterocycles. The van der Waals surface area contributed by atoms with Crippen LogP contribution >= 0.6 is 0 Å². The number of hydrogen-bond donors (Lipinski definition) is 1. The molecule has 0 aromatic carbocycles. The molecule has 0 spiro atoms. The zero-order valence-corrected chi connectivity index (χ0v) is 15.5. The van der Waals surface area contributed by atoms with Crippen molar-refractivity contribution < 1.29 is 9.59 Å². The van der Waals surface area contributed by atoms with Gasteiger partial charge in [-0.05, 0) is 38.1 Å². The minimum absolute atomic E-state index is 0.135. The SMILES string of the molecule is NC[C@H]1CCC[C@H]1C(=O)N1CCN(CC(=O)N2CCCCCC2)CC1. The number of rotatable bonds is 4. The lowest BCUT2D eigenvalue weighted by molar-refractivity contribution is -0.139. The summed E-state index contributed by atoms with van der Waals surface area (Å²) < 4.78 is 0. The van der Waals surface area contributed by atoms with E-state index in [-0.39, 0.29) is 11.8 Å². The molecule has 2 atom stereocenters. The number of nitrogens with two attached hydrogens (primary N) is 1. The van der Waals surface area contributed by atoms with Crippen LogP contribution in [-0.2, 0) is 9.59 Å². The van der Waals surface area contributed by atoms with Gasteiger partial charge in [0.05, 0.1) is 6.54 Å². The molecule has 1 saturated carbocycles. The molecule has 2 N–H and O–H groups in total. The highest BCUT2D eigenvalue weighted by atomic mass is 16.2. The molecule has 1 aliphatic carbocycles. The predicted molar refractivity (Wildman–Crippen MR) is 98.0 cm³/mol. The molecule has 0 aromatic rings. The summed E-state index contributed by atoms with van der Waals surface area (Å²) in [5.41, 5.74) is 5.83. The standard InChI is InChI=1S/C19H34N4O2/c20-14-16-6-5-7-17(16)19(25)23-12-10-21(11-13-23)15-18(24)22-8-3-1-2-4-9-22/h16-17H,1-15,20H2/t16-,17-/m1/s1. The molecule has 0 bridgehead atoms. The Morgan fingerprint density at radius 2 is 1.48 bits per heavy atom. The van der Waals surface area contributed by atoms with Gasteiger partial charge in [-0.25, -0.2) is 0 Å². The molecule has 6 nitrogen and oxygen atoms in total. The van der Waals surface area contributed by atoms with Crippen molar-refractivity contribution in [3.05, 3.63) is 0 Å². The summed E-state index contributed by atoms with van der Waals surface area (Å²) in [6.45, 7) is 6.09. The van der Waals surface area contributed by atoms with E-state index in [4.69, 9.17) is 5.73 Å². The van der Waals surface area contributed by atoms with Gasteiger partial charge in [-0.1, -0.05) is 19.3 Å². The van der Waals surface area contributed by atoms with Crippen molar-refractivity contribution in [2.75, 3.05) is 52.4 Å². The first-order valence-electron chi connectivity index (χ1n) is 10.2. The highest BCUT2D eigenvalue weighted by Gasteiger charge is 2.35. The Morgan fingerprint density at radius 1 is 0.800 bits per heavy atom. The number of piperazine rings is 1. The van der Waals surface area contributed by atoms with Crippen LogP contribution in [0.5, 0.6) is 0 Å². The van der Waals surface area contributed by atoms with Crippen LogP contribution in [0.4, 0.5) is 0 Å². The predicted octanol–water partition coefficient (Wildman–Crippen LogP) is 0.908. The van der Waals surface area contributed by atoms with E-state index in [0.29, 0.717) is 24.9 Å². The topological polar surface area (TPSA) is 69.9 Å². The molecule has 2 amide bonds. The van der Waals surface area contributed by atoms with E-state index < -0.39 is 0 Å². The third kappa shape index (κ3) is 4.73. The molecule has 0 radical (unpaired) electrons. The van der Waals surface area contributed by atoms with Crippen LogP contribution in [0.3, 0.4) is 0 Å². The third-order valence-electron chi connectivity index (χ3n) is 6.28. The van der Waals surface area contributed by atoms with E-state index in [2.05, 4.69) is 4.90 Å². The van der Waals surface area contributed by atoms with Crippen molar-refractivity contribution in [2.24, 2.45) is 17.6 Å². The van der Waals surface area contributed by atoms with Crippen LogP contribution in [0.2, 0.25) is 0 Å². The molecule has 3 fully saturated rings. The van der Waals surface area contributed by atoms with E-state index in [0.717, 1.165) is 71.4 Å². The average molecular weight is 351 g/mol. The normalized spacial score (nSPS) is 28.8. The number of nitrogens with zero attached hydrogens (tertiary/aromatic N) is 3. The molecular formula is C19H34N4O2. The van der Waals surface area contributed by atoms with Crippen LogP contribution in [0.25, 0.3) is 0 Å². The van der Waals surface area contributed by atoms with E-state index >= 15 is 0 Å². The Labute approximate surface area is 151 Å². The fraction of sp³-hybridized carbons (Fsp3) is 0.895. The van der Waals surface area contributed by atoms with Gasteiger partial charge in [-0.2, -0.15) is 0 Å². The van der Waals surface area contributed by atoms with Gasteiger partial charge < -0.3 is 15.5 Å². The van der Waals surface area contributed by atoms with Gasteiger partial charge in [0.15, 0.2) is 0 Å². The van der Waals surface area contributed by atoms with Crippen LogP contribution in [0, 0.1) is 11.8 Å². The van der Waals surface area contributed by atoms with Gasteiger partial charge in [-0.3, -0.25) is 14.5 Å². The summed E-state index contributed by atoms with van der Waals surface area (Å²) in [6.07, 6.45) is 7.98. The lowest BCUT2D eigenvalue weighted by Gasteiger charge is -2.37. The molecule has 2 heterocycles. The Kier molecular flexibility index (Phi) is 6.70. The molecule has 2 aliphatic heterocycles. The van der Waals surface area contributed by atoms with Crippen molar-refractivity contribution in [3.63, 3.8) is 0 Å². The van der Waals surface area contributed by atoms with Crippen molar-refractivity contribution in [2.45, 2.75) is 44.9 Å². The first-order valence-corrected chi connectivity index (χ1v) is 10.2. The fourth-order valence-corrected chi connectivity index (χ4v) is 4.62. The maximum Gasteiger partial charge on any atom is 0.236 e. The summed E-state index contributed by atoms with van der Waals surface area (Å²) >= 11 is 0. The number of amides is 2. The Bertz CT molecular complexity index is 454. The maximum absolute atomic E-state index is 12.8. The maximum atomic E-state index is 12.8. The lowest BCUT2D eigenvalue weighted by atomic mass is 9.94. The first kappa shape index (κ1) is 18.6. The van der Waals surface area contributed by atoms with Crippen molar-refractivity contribution in [1.29, 1.82) is 0 Å². The van der Waals surface area contributed by atoms with Crippen molar-refractivity contribution in [1.82, 2.24) is 14.7 Å². The number of carbonyl (C=O) groups excluding carboxylic acids is 2. The third-order valence-corrected chi connectivity index (χ3v) is 6.28. The summed E-state index contributed by atoms with van der Waals surface area (Å²) in [4.78, 5) is 31.5. The molecule has 25 heavy (non-hydrogen) atoms. The quantitative estimate of drug-likeness (QED) is 0.818. The molecule has 0 unspecified atom stereocenters. The van der Waals surface area contributed by atoms with Crippen LogP contribution in [-0.4, -0.2) is 78.9 Å². The second-order valence-electron chi connectivity index (χ2n) is 7.93. The van der Waals surface area contributed by atoms with Crippen LogP contribution < -0.4 is 5.73 Å². The minimum Gasteiger partial charge on any atom is -0.342 e. The molecule has 3 rings (SSSR count). The van der Waals surface area contributed by atoms with Gasteiger partial charge in [0.25, 0.3) is 0 Å². The van der Waals surface area contributed by atoms with E-state index in [9.17, 15) is 9.59 Å². The molecule has 142 valence electrons. The highest BCUT2D eigenvalue weighted by molar-refractivity contribution is 5.80. The molecular weight excluding hydrogens is 316 g/mol. The van der Waals surface area contributed by atoms with Crippen LogP contribution in [0.15, 0.2) is 0 Å². The zero-order valence-electron chi connectivity index (χ0n) is 15.5. The van der Waals surface area contributed by atoms with Gasteiger partial charge in [0.1, 0.15) is 0 Å². The summed E-state index contributed by atoms with van der Waals surface area (Å²) in [7, 11) is 0. The molecule has 6 heteroatoms. The lowest BCUT2D eigenvalue weighted by Crippen LogP contribution is -2.53. The summed E-state index contributed by atoms with van der Waals surface area (Å²) in [5.74, 6) is 1.07. The number of likely N-dealkylation sites (tertiary alicyclic amines) is 1. The van der Waals surface area contributed by atoms with Gasteiger partial charge >= 0.3 is 0 Å². The van der Waals surface area contributed by atoms with E-state index in [1.807, 2.05) is 9.80 Å². The monoisotopic (exact) mass is 350 g/mol. The zero-order chi connectivity index (χ0) is 17.6. The fourth-order valence-electron chi connectivity index (χ4n) is 4.62. The van der Waals surface area contributed by atoms with Crippen molar-refractivity contribution in [3.8, 4) is 0 Å². The Morgan fingerprint density at radius 3 is 2.12 bits per heavy atom. The van der Waals surface area contributed by atoms with Gasteiger partial charge in [0, 0.05) is 45.2 Å². The Balaban J connectivity index is 1.43. The molecule has 3 aliphatic rings. The number of carbonyl (C=O) groups is 2. The van der Waals surface area contributed by atoms with Gasteiger partial charge in [-0.15, -0.1) is 0 Å². The molecule has 0 aromatic heterocycles. The van der Waals surface area contributed by atoms with E-state index in [1.165, 1.54) is 12.8 Å². The average Bonchev–Trinajstić information content (AvgIpc) is 2.94. The second-order valence-corrected chi connectivity index (χ2v) is 7.93. The summed E-state index contributed by atoms with van der Waals surface area (Å²) in [5, 5.41) is 0. The Hall–Kier alpha value is -1.14. The number of hydrogen-bond acceptors (Lipinski definition) is 4. The largest absolute Gasteiger partial charge is 0.342 e. The first-order chi connectivity index (χ1) is 12.2. The van der Waals surface area contributed by atoms with Crippen molar-refractivity contribution >= 4 is 11.8 Å². The minimum atomic E-state index is 0.135. The highest BCUT2D eigenvalue weighted by Crippen LogP contribution is 2.32.